The highest BCUT2D eigenvalue weighted by Crippen LogP contribution is 2.52. The first-order valence-electron chi connectivity index (χ1n) is 4.72. The molecule has 0 bridgehead atoms. The maximum Gasteiger partial charge on any atom is 0.329 e. The molecule has 1 saturated heterocycles. The van der Waals surface area contributed by atoms with Gasteiger partial charge in [-0.2, -0.15) is 0 Å². The Morgan fingerprint density at radius 3 is 2.69 bits per heavy atom. The van der Waals surface area contributed by atoms with Crippen molar-refractivity contribution in [2.24, 2.45) is 5.41 Å². The van der Waals surface area contributed by atoms with Gasteiger partial charge in [-0.3, -0.25) is 4.90 Å². The molecule has 0 amide bonds. The Labute approximate surface area is 77.5 Å². The van der Waals surface area contributed by atoms with Gasteiger partial charge in [-0.25, -0.2) is 4.79 Å². The van der Waals surface area contributed by atoms with E-state index in [9.17, 15) is 4.79 Å². The van der Waals surface area contributed by atoms with Crippen molar-refractivity contribution in [2.45, 2.75) is 12.8 Å². The SMILES string of the molecule is O=C(O)COCCN1CC2(CC2)C1. The van der Waals surface area contributed by atoms with Gasteiger partial charge in [0.2, 0.25) is 0 Å². The van der Waals surface area contributed by atoms with Crippen LogP contribution in [0.15, 0.2) is 0 Å². The van der Waals surface area contributed by atoms with E-state index in [4.69, 9.17) is 9.84 Å². The number of nitrogens with zero attached hydrogens (tertiary/aromatic N) is 1. The first-order valence-corrected chi connectivity index (χ1v) is 4.72. The summed E-state index contributed by atoms with van der Waals surface area (Å²) in [7, 11) is 0. The molecule has 4 nitrogen and oxygen atoms in total. The molecule has 1 heterocycles. The Morgan fingerprint density at radius 2 is 2.15 bits per heavy atom. The third-order valence-electron chi connectivity index (χ3n) is 2.85. The molecule has 1 spiro atoms. The molecule has 1 N–H and O–H groups in total. The molecule has 4 heteroatoms. The van der Waals surface area contributed by atoms with Gasteiger partial charge in [0.1, 0.15) is 6.61 Å². The maximum atomic E-state index is 10.1. The summed E-state index contributed by atoms with van der Waals surface area (Å²) in [6.07, 6.45) is 2.78. The van der Waals surface area contributed by atoms with Crippen LogP contribution in [0.3, 0.4) is 0 Å². The summed E-state index contributed by atoms with van der Waals surface area (Å²) < 4.78 is 4.95. The Bertz CT molecular complexity index is 205. The first-order chi connectivity index (χ1) is 6.20. The van der Waals surface area contributed by atoms with Crippen molar-refractivity contribution in [3.63, 3.8) is 0 Å². The highest BCUT2D eigenvalue weighted by atomic mass is 16.5. The first kappa shape index (κ1) is 8.97. The number of ether oxygens (including phenoxy) is 1. The number of hydrogen-bond donors (Lipinski definition) is 1. The van der Waals surface area contributed by atoms with Crippen LogP contribution in [0.5, 0.6) is 0 Å². The lowest BCUT2D eigenvalue weighted by molar-refractivity contribution is -0.142. The molecule has 74 valence electrons. The predicted molar refractivity (Wildman–Crippen MR) is 46.6 cm³/mol. The predicted octanol–water partition coefficient (Wildman–Crippen LogP) is 0.183. The quantitative estimate of drug-likeness (QED) is 0.621. The zero-order valence-corrected chi connectivity index (χ0v) is 7.66. The normalized spacial score (nSPS) is 24.3. The van der Waals surface area contributed by atoms with Crippen molar-refractivity contribution in [3.8, 4) is 0 Å². The fourth-order valence-electron chi connectivity index (χ4n) is 1.91. The van der Waals surface area contributed by atoms with Crippen LogP contribution in [0.1, 0.15) is 12.8 Å². The van der Waals surface area contributed by atoms with Crippen LogP contribution in [-0.2, 0) is 9.53 Å². The minimum atomic E-state index is -0.887. The lowest BCUT2D eigenvalue weighted by Gasteiger charge is -2.39. The number of carboxylic acid groups (broad SMARTS) is 1. The van der Waals surface area contributed by atoms with Crippen molar-refractivity contribution in [1.82, 2.24) is 4.90 Å². The second-order valence-electron chi connectivity index (χ2n) is 4.16. The van der Waals surface area contributed by atoms with Gasteiger partial charge < -0.3 is 9.84 Å². The van der Waals surface area contributed by atoms with Gasteiger partial charge in [-0.15, -0.1) is 0 Å². The summed E-state index contributed by atoms with van der Waals surface area (Å²) in [6.45, 7) is 3.66. The second-order valence-corrected chi connectivity index (χ2v) is 4.16. The van der Waals surface area contributed by atoms with Gasteiger partial charge in [-0.1, -0.05) is 0 Å². The van der Waals surface area contributed by atoms with Gasteiger partial charge in [0.05, 0.1) is 6.61 Å². The Kier molecular flexibility index (Phi) is 2.26. The van der Waals surface area contributed by atoms with Crippen molar-refractivity contribution in [2.75, 3.05) is 32.8 Å². The molecule has 2 fully saturated rings. The van der Waals surface area contributed by atoms with Crippen molar-refractivity contribution >= 4 is 5.97 Å². The Hall–Kier alpha value is -0.610. The number of carboxylic acids is 1. The lowest BCUT2D eigenvalue weighted by Crippen LogP contribution is -2.49. The van der Waals surface area contributed by atoms with E-state index in [0.29, 0.717) is 12.0 Å². The third-order valence-corrected chi connectivity index (χ3v) is 2.85. The van der Waals surface area contributed by atoms with Gasteiger partial charge in [0.25, 0.3) is 0 Å². The smallest absolute Gasteiger partial charge is 0.329 e. The second kappa shape index (κ2) is 3.27. The van der Waals surface area contributed by atoms with Crippen LogP contribution in [0.2, 0.25) is 0 Å². The molecule has 1 saturated carbocycles. The summed E-state index contributed by atoms with van der Waals surface area (Å²) >= 11 is 0. The molecule has 0 aromatic carbocycles. The van der Waals surface area contributed by atoms with Crippen molar-refractivity contribution < 1.29 is 14.6 Å². The Morgan fingerprint density at radius 1 is 1.46 bits per heavy atom. The molecule has 2 rings (SSSR count). The van der Waals surface area contributed by atoms with Crippen LogP contribution in [-0.4, -0.2) is 48.8 Å². The molecule has 2 aliphatic rings. The molecule has 0 radical (unpaired) electrons. The summed E-state index contributed by atoms with van der Waals surface area (Å²) in [6, 6.07) is 0. The number of rotatable bonds is 5. The summed E-state index contributed by atoms with van der Waals surface area (Å²) in [5.74, 6) is -0.887. The zero-order chi connectivity index (χ0) is 9.31. The van der Waals surface area contributed by atoms with E-state index in [-0.39, 0.29) is 6.61 Å². The highest BCUT2D eigenvalue weighted by Gasteiger charge is 2.51. The zero-order valence-electron chi connectivity index (χ0n) is 7.66. The summed E-state index contributed by atoms with van der Waals surface area (Å²) in [4.78, 5) is 12.4. The van der Waals surface area contributed by atoms with E-state index in [2.05, 4.69) is 4.90 Å². The molecule has 0 aromatic rings. The van der Waals surface area contributed by atoms with Crippen LogP contribution in [0.4, 0.5) is 0 Å². The number of carbonyl (C=O) groups is 1. The summed E-state index contributed by atoms with van der Waals surface area (Å²) in [5, 5.41) is 8.30. The molecule has 1 aliphatic carbocycles. The lowest BCUT2D eigenvalue weighted by atomic mass is 9.97. The van der Waals surface area contributed by atoms with E-state index in [1.807, 2.05) is 0 Å². The van der Waals surface area contributed by atoms with Gasteiger partial charge in [0, 0.05) is 19.6 Å². The van der Waals surface area contributed by atoms with Crippen molar-refractivity contribution in [3.05, 3.63) is 0 Å². The van der Waals surface area contributed by atoms with Crippen LogP contribution >= 0.6 is 0 Å². The fourth-order valence-corrected chi connectivity index (χ4v) is 1.91. The van der Waals surface area contributed by atoms with E-state index < -0.39 is 5.97 Å². The average molecular weight is 185 g/mol. The average Bonchev–Trinajstić information content (AvgIpc) is 2.75. The van der Waals surface area contributed by atoms with E-state index in [0.717, 1.165) is 6.54 Å². The molecular weight excluding hydrogens is 170 g/mol. The number of hydrogen-bond acceptors (Lipinski definition) is 3. The fraction of sp³-hybridized carbons (Fsp3) is 0.889. The van der Waals surface area contributed by atoms with E-state index >= 15 is 0 Å². The number of likely N-dealkylation sites (tertiary alicyclic amines) is 1. The minimum Gasteiger partial charge on any atom is -0.480 e. The van der Waals surface area contributed by atoms with E-state index in [1.54, 1.807) is 0 Å². The number of aliphatic carboxylic acids is 1. The molecule has 0 aromatic heterocycles. The van der Waals surface area contributed by atoms with Gasteiger partial charge in [0.15, 0.2) is 0 Å². The van der Waals surface area contributed by atoms with Gasteiger partial charge >= 0.3 is 5.97 Å². The highest BCUT2D eigenvalue weighted by molar-refractivity contribution is 5.67. The molecular formula is C9H15NO3. The molecule has 1 aliphatic heterocycles. The molecule has 0 unspecified atom stereocenters. The van der Waals surface area contributed by atoms with Crippen LogP contribution in [0, 0.1) is 5.41 Å². The summed E-state index contributed by atoms with van der Waals surface area (Å²) in [5.41, 5.74) is 0.687. The van der Waals surface area contributed by atoms with Crippen LogP contribution < -0.4 is 0 Å². The monoisotopic (exact) mass is 185 g/mol. The van der Waals surface area contributed by atoms with Crippen LogP contribution in [0.25, 0.3) is 0 Å². The standard InChI is InChI=1S/C9H15NO3/c11-8(12)5-13-4-3-10-6-9(7-10)1-2-9/h1-7H2,(H,11,12). The largest absolute Gasteiger partial charge is 0.480 e. The van der Waals surface area contributed by atoms with E-state index in [1.165, 1.54) is 25.9 Å². The Balaban J connectivity index is 1.48. The minimum absolute atomic E-state index is 0.168. The van der Waals surface area contributed by atoms with Crippen molar-refractivity contribution in [1.29, 1.82) is 0 Å². The molecule has 0 atom stereocenters. The molecule has 13 heavy (non-hydrogen) atoms. The van der Waals surface area contributed by atoms with Gasteiger partial charge in [-0.05, 0) is 18.3 Å². The topological polar surface area (TPSA) is 49.8 Å². The maximum absolute atomic E-state index is 10.1. The third kappa shape index (κ3) is 2.19.